The van der Waals surface area contributed by atoms with Crippen LogP contribution in [0.2, 0.25) is 0 Å². The lowest BCUT2D eigenvalue weighted by atomic mass is 9.96. The van der Waals surface area contributed by atoms with Gasteiger partial charge in [-0.1, -0.05) is 13.0 Å². The van der Waals surface area contributed by atoms with Gasteiger partial charge in [0.2, 0.25) is 0 Å². The summed E-state index contributed by atoms with van der Waals surface area (Å²) in [5, 5.41) is 10.2. The first-order valence-electron chi connectivity index (χ1n) is 6.38. The van der Waals surface area contributed by atoms with Gasteiger partial charge in [0.25, 0.3) is 0 Å². The molecule has 0 radical (unpaired) electrons. The van der Waals surface area contributed by atoms with Crippen molar-refractivity contribution in [2.45, 2.75) is 38.7 Å². The minimum absolute atomic E-state index is 0.626. The molecule has 0 saturated heterocycles. The van der Waals surface area contributed by atoms with Crippen LogP contribution in [0.1, 0.15) is 32.3 Å². The molecular formula is C14H22N2O. The monoisotopic (exact) mass is 234 g/mol. The van der Waals surface area contributed by atoms with Crippen molar-refractivity contribution in [3.8, 4) is 0 Å². The Morgan fingerprint density at radius 3 is 2.94 bits per heavy atom. The van der Waals surface area contributed by atoms with Crippen molar-refractivity contribution in [2.24, 2.45) is 0 Å². The molecule has 0 aromatic heterocycles. The molecule has 0 fully saturated rings. The average molecular weight is 234 g/mol. The highest BCUT2D eigenvalue weighted by atomic mass is 16.3. The highest BCUT2D eigenvalue weighted by Crippen LogP contribution is 2.32. The quantitative estimate of drug-likeness (QED) is 0.788. The van der Waals surface area contributed by atoms with Gasteiger partial charge >= 0.3 is 0 Å². The molecule has 3 nitrogen and oxygen atoms in total. The maximum absolute atomic E-state index is 10.2. The molecule has 0 spiro atoms. The Kier molecular flexibility index (Phi) is 3.29. The molecule has 1 unspecified atom stereocenters. The molecule has 1 heterocycles. The minimum Gasteiger partial charge on any atom is -0.398 e. The normalized spacial score (nSPS) is 18.6. The van der Waals surface area contributed by atoms with Gasteiger partial charge in [0, 0.05) is 24.5 Å². The zero-order chi connectivity index (χ0) is 12.5. The topological polar surface area (TPSA) is 49.5 Å². The maximum Gasteiger partial charge on any atom is 0.0791 e. The zero-order valence-corrected chi connectivity index (χ0v) is 10.7. The molecule has 94 valence electrons. The van der Waals surface area contributed by atoms with Crippen molar-refractivity contribution < 1.29 is 5.11 Å². The number of nitrogens with two attached hydrogens (primary N) is 1. The second kappa shape index (κ2) is 4.57. The predicted octanol–water partition coefficient (Wildman–Crippen LogP) is 2.18. The van der Waals surface area contributed by atoms with Crippen LogP contribution in [0, 0.1) is 0 Å². The second-order valence-corrected chi connectivity index (χ2v) is 5.22. The lowest BCUT2D eigenvalue weighted by molar-refractivity contribution is 0.0626. The molecule has 0 saturated carbocycles. The first-order chi connectivity index (χ1) is 8.03. The highest BCUT2D eigenvalue weighted by molar-refractivity contribution is 5.66. The summed E-state index contributed by atoms with van der Waals surface area (Å²) in [6.07, 6.45) is 2.93. The van der Waals surface area contributed by atoms with E-state index in [2.05, 4.69) is 11.0 Å². The van der Waals surface area contributed by atoms with Crippen LogP contribution in [0.3, 0.4) is 0 Å². The van der Waals surface area contributed by atoms with E-state index < -0.39 is 5.60 Å². The lowest BCUT2D eigenvalue weighted by Crippen LogP contribution is -2.42. The van der Waals surface area contributed by atoms with Crippen LogP contribution in [-0.4, -0.2) is 23.8 Å². The number of rotatable bonds is 3. The van der Waals surface area contributed by atoms with Crippen LogP contribution in [-0.2, 0) is 6.42 Å². The van der Waals surface area contributed by atoms with Crippen molar-refractivity contribution >= 4 is 11.4 Å². The van der Waals surface area contributed by atoms with E-state index in [1.54, 1.807) is 0 Å². The van der Waals surface area contributed by atoms with Gasteiger partial charge in [-0.25, -0.2) is 0 Å². The summed E-state index contributed by atoms with van der Waals surface area (Å²) < 4.78 is 0. The van der Waals surface area contributed by atoms with Crippen LogP contribution in [0.5, 0.6) is 0 Å². The third kappa shape index (κ3) is 2.55. The molecule has 17 heavy (non-hydrogen) atoms. The van der Waals surface area contributed by atoms with E-state index >= 15 is 0 Å². The van der Waals surface area contributed by atoms with Crippen molar-refractivity contribution in [3.63, 3.8) is 0 Å². The minimum atomic E-state index is -0.626. The molecule has 1 aromatic carbocycles. The number of hydrogen-bond donors (Lipinski definition) is 2. The largest absolute Gasteiger partial charge is 0.398 e. The summed E-state index contributed by atoms with van der Waals surface area (Å²) in [7, 11) is 0. The van der Waals surface area contributed by atoms with Crippen molar-refractivity contribution in [1.29, 1.82) is 0 Å². The highest BCUT2D eigenvalue weighted by Gasteiger charge is 2.25. The molecule has 0 aliphatic carbocycles. The number of β-amino-alcohol motifs (C(OH)–C–C–N with tert-alkyl or cyclic N) is 1. The Morgan fingerprint density at radius 1 is 1.47 bits per heavy atom. The molecule has 1 aliphatic rings. The predicted molar refractivity (Wildman–Crippen MR) is 72.3 cm³/mol. The Morgan fingerprint density at radius 2 is 2.24 bits per heavy atom. The fourth-order valence-corrected chi connectivity index (χ4v) is 2.42. The number of hydrogen-bond acceptors (Lipinski definition) is 3. The standard InChI is InChI=1S/C14H22N2O/c1-3-14(2,17)10-16-9-5-6-11-12(15)7-4-8-13(11)16/h4,7-8,17H,3,5-6,9-10,15H2,1-2H3. The van der Waals surface area contributed by atoms with E-state index in [-0.39, 0.29) is 0 Å². The fourth-order valence-electron chi connectivity index (χ4n) is 2.42. The van der Waals surface area contributed by atoms with Gasteiger partial charge in [-0.05, 0) is 43.9 Å². The summed E-state index contributed by atoms with van der Waals surface area (Å²) >= 11 is 0. The molecule has 1 aromatic rings. The SMILES string of the molecule is CCC(C)(O)CN1CCCc2c(N)cccc21. The van der Waals surface area contributed by atoms with Crippen LogP contribution >= 0.6 is 0 Å². The number of fused-ring (bicyclic) bond motifs is 1. The number of anilines is 2. The van der Waals surface area contributed by atoms with E-state index in [4.69, 9.17) is 5.73 Å². The molecule has 1 atom stereocenters. The van der Waals surface area contributed by atoms with Gasteiger partial charge in [0.15, 0.2) is 0 Å². The molecule has 3 N–H and O–H groups in total. The van der Waals surface area contributed by atoms with E-state index in [1.165, 1.54) is 11.3 Å². The molecule has 2 rings (SSSR count). The van der Waals surface area contributed by atoms with Crippen molar-refractivity contribution in [3.05, 3.63) is 23.8 Å². The summed E-state index contributed by atoms with van der Waals surface area (Å²) in [5.74, 6) is 0. The number of nitrogen functional groups attached to an aromatic ring is 1. The lowest BCUT2D eigenvalue weighted by Gasteiger charge is -2.37. The smallest absolute Gasteiger partial charge is 0.0791 e. The number of nitrogens with zero attached hydrogens (tertiary/aromatic N) is 1. The third-order valence-corrected chi connectivity index (χ3v) is 3.68. The van der Waals surface area contributed by atoms with Crippen molar-refractivity contribution in [2.75, 3.05) is 23.7 Å². The van der Waals surface area contributed by atoms with Crippen LogP contribution in [0.25, 0.3) is 0 Å². The van der Waals surface area contributed by atoms with Gasteiger partial charge in [-0.2, -0.15) is 0 Å². The van der Waals surface area contributed by atoms with Crippen LogP contribution in [0.4, 0.5) is 11.4 Å². The summed E-state index contributed by atoms with van der Waals surface area (Å²) in [6.45, 7) is 5.60. The number of aliphatic hydroxyl groups is 1. The van der Waals surface area contributed by atoms with E-state index in [9.17, 15) is 5.11 Å². The van der Waals surface area contributed by atoms with Crippen LogP contribution < -0.4 is 10.6 Å². The Bertz CT molecular complexity index is 401. The van der Waals surface area contributed by atoms with Gasteiger partial charge < -0.3 is 15.7 Å². The average Bonchev–Trinajstić information content (AvgIpc) is 2.30. The molecule has 0 amide bonds. The van der Waals surface area contributed by atoms with E-state index in [0.29, 0.717) is 6.54 Å². The summed E-state index contributed by atoms with van der Waals surface area (Å²) in [4.78, 5) is 2.26. The van der Waals surface area contributed by atoms with E-state index in [1.807, 2.05) is 26.0 Å². The number of benzene rings is 1. The fraction of sp³-hybridized carbons (Fsp3) is 0.571. The Labute approximate surface area is 103 Å². The summed E-state index contributed by atoms with van der Waals surface area (Å²) in [6, 6.07) is 6.06. The molecule has 1 aliphatic heterocycles. The first kappa shape index (κ1) is 12.2. The molecular weight excluding hydrogens is 212 g/mol. The van der Waals surface area contributed by atoms with Gasteiger partial charge in [0.05, 0.1) is 5.60 Å². The van der Waals surface area contributed by atoms with Gasteiger partial charge in [-0.3, -0.25) is 0 Å². The third-order valence-electron chi connectivity index (χ3n) is 3.68. The molecule has 3 heteroatoms. The Balaban J connectivity index is 2.26. The van der Waals surface area contributed by atoms with Crippen molar-refractivity contribution in [1.82, 2.24) is 0 Å². The first-order valence-corrected chi connectivity index (χ1v) is 6.38. The molecule has 0 bridgehead atoms. The van der Waals surface area contributed by atoms with E-state index in [0.717, 1.165) is 31.5 Å². The van der Waals surface area contributed by atoms with Crippen LogP contribution in [0.15, 0.2) is 18.2 Å². The zero-order valence-electron chi connectivity index (χ0n) is 10.7. The van der Waals surface area contributed by atoms with Gasteiger partial charge in [-0.15, -0.1) is 0 Å². The maximum atomic E-state index is 10.2. The second-order valence-electron chi connectivity index (χ2n) is 5.22. The Hall–Kier alpha value is -1.22. The summed E-state index contributed by atoms with van der Waals surface area (Å²) in [5.41, 5.74) is 8.70. The van der Waals surface area contributed by atoms with Gasteiger partial charge in [0.1, 0.15) is 0 Å².